The summed E-state index contributed by atoms with van der Waals surface area (Å²) in [6.07, 6.45) is 0.0393. The van der Waals surface area contributed by atoms with Gasteiger partial charge in [-0.05, 0) is 25.3 Å². The maximum atomic E-state index is 5.50. The zero-order valence-electron chi connectivity index (χ0n) is 9.97. The average Bonchev–Trinajstić information content (AvgIpc) is 2.81. The second-order valence-electron chi connectivity index (χ2n) is 3.69. The third-order valence-corrected chi connectivity index (χ3v) is 2.64. The van der Waals surface area contributed by atoms with Gasteiger partial charge in [-0.2, -0.15) is 26.3 Å². The average molecular weight is 250 g/mol. The van der Waals surface area contributed by atoms with E-state index in [2.05, 4.69) is 20.3 Å². The molecule has 0 radical (unpaired) electrons. The summed E-state index contributed by atoms with van der Waals surface area (Å²) in [4.78, 5) is 12.7. The first-order chi connectivity index (χ1) is 8.19. The van der Waals surface area contributed by atoms with Crippen LogP contribution in [-0.4, -0.2) is 28.1 Å². The highest BCUT2D eigenvalue weighted by Gasteiger charge is 2.10. The molecule has 0 saturated carbocycles. The molecule has 1 N–H and O–H groups in total. The molecule has 2 aromatic rings. The predicted molar refractivity (Wildman–Crippen MR) is 68.5 cm³/mol. The van der Waals surface area contributed by atoms with Crippen LogP contribution in [0.3, 0.4) is 0 Å². The quantitative estimate of drug-likeness (QED) is 0.903. The van der Waals surface area contributed by atoms with Crippen LogP contribution in [0.15, 0.2) is 16.8 Å². The van der Waals surface area contributed by atoms with Crippen molar-refractivity contribution < 1.29 is 4.74 Å². The van der Waals surface area contributed by atoms with Crippen LogP contribution in [0.2, 0.25) is 0 Å². The van der Waals surface area contributed by atoms with Crippen LogP contribution in [0.25, 0.3) is 11.4 Å². The number of hydrogen-bond donors (Lipinski definition) is 1. The number of rotatable bonds is 4. The number of nitrogens with one attached hydrogen (secondary N) is 1. The van der Waals surface area contributed by atoms with Gasteiger partial charge in [0.25, 0.3) is 0 Å². The Morgan fingerprint density at radius 1 is 1.29 bits per heavy atom. The minimum atomic E-state index is 0.0393. The Balaban J connectivity index is 2.38. The van der Waals surface area contributed by atoms with Gasteiger partial charge >= 0.3 is 6.01 Å². The maximum Gasteiger partial charge on any atom is 0.322 e. The highest BCUT2D eigenvalue weighted by molar-refractivity contribution is 7.08. The van der Waals surface area contributed by atoms with Crippen LogP contribution in [0.5, 0.6) is 6.01 Å². The van der Waals surface area contributed by atoms with E-state index in [1.54, 1.807) is 18.4 Å². The minimum Gasteiger partial charge on any atom is -0.461 e. The van der Waals surface area contributed by atoms with Gasteiger partial charge in [-0.25, -0.2) is 0 Å². The van der Waals surface area contributed by atoms with E-state index in [-0.39, 0.29) is 6.10 Å². The van der Waals surface area contributed by atoms with Gasteiger partial charge < -0.3 is 10.1 Å². The normalized spacial score (nSPS) is 10.6. The van der Waals surface area contributed by atoms with Crippen LogP contribution < -0.4 is 10.1 Å². The Hall–Kier alpha value is -1.69. The van der Waals surface area contributed by atoms with Gasteiger partial charge in [0.05, 0.1) is 6.10 Å². The molecule has 0 unspecified atom stereocenters. The van der Waals surface area contributed by atoms with E-state index in [0.717, 1.165) is 5.56 Å². The molecular weight excluding hydrogens is 236 g/mol. The maximum absolute atomic E-state index is 5.50. The van der Waals surface area contributed by atoms with Crippen LogP contribution in [-0.2, 0) is 0 Å². The van der Waals surface area contributed by atoms with E-state index in [0.29, 0.717) is 17.8 Å². The lowest BCUT2D eigenvalue weighted by Gasteiger charge is -2.09. The van der Waals surface area contributed by atoms with Crippen molar-refractivity contribution in [2.45, 2.75) is 20.0 Å². The van der Waals surface area contributed by atoms with Crippen LogP contribution >= 0.6 is 11.3 Å². The molecule has 5 nitrogen and oxygen atoms in total. The number of thiophene rings is 1. The van der Waals surface area contributed by atoms with Gasteiger partial charge in [-0.3, -0.25) is 0 Å². The predicted octanol–water partition coefficient (Wildman–Crippen LogP) is 2.43. The molecule has 0 spiro atoms. The Labute approximate surface area is 104 Å². The third kappa shape index (κ3) is 2.91. The summed E-state index contributed by atoms with van der Waals surface area (Å²) in [5.74, 6) is 1.14. The highest BCUT2D eigenvalue weighted by Crippen LogP contribution is 2.21. The van der Waals surface area contributed by atoms with Crippen molar-refractivity contribution in [1.29, 1.82) is 0 Å². The number of ether oxygens (including phenoxy) is 1. The molecule has 6 heteroatoms. The van der Waals surface area contributed by atoms with Crippen LogP contribution in [0.1, 0.15) is 13.8 Å². The molecule has 2 aromatic heterocycles. The molecule has 0 atom stereocenters. The van der Waals surface area contributed by atoms with Gasteiger partial charge in [-0.1, -0.05) is 0 Å². The smallest absolute Gasteiger partial charge is 0.322 e. The summed E-state index contributed by atoms with van der Waals surface area (Å²) >= 11 is 1.61. The Bertz CT molecular complexity index is 484. The molecule has 0 aliphatic rings. The molecule has 2 rings (SSSR count). The summed E-state index contributed by atoms with van der Waals surface area (Å²) < 4.78 is 5.50. The van der Waals surface area contributed by atoms with Gasteiger partial charge in [0, 0.05) is 18.0 Å². The van der Waals surface area contributed by atoms with Crippen LogP contribution in [0, 0.1) is 0 Å². The van der Waals surface area contributed by atoms with Crippen molar-refractivity contribution in [3.05, 3.63) is 16.8 Å². The van der Waals surface area contributed by atoms with Gasteiger partial charge in [-0.15, -0.1) is 0 Å². The second kappa shape index (κ2) is 5.09. The van der Waals surface area contributed by atoms with Crippen molar-refractivity contribution >= 4 is 17.3 Å². The standard InChI is InChI=1S/C11H14N4OS/c1-7(2)16-11-14-9(8-4-5-17-6-8)13-10(12-3)15-11/h4-7H,1-3H3,(H,12,13,14,15). The summed E-state index contributed by atoms with van der Waals surface area (Å²) in [5, 5.41) is 6.89. The molecule has 0 saturated heterocycles. The van der Waals surface area contributed by atoms with E-state index >= 15 is 0 Å². The van der Waals surface area contributed by atoms with E-state index in [1.165, 1.54) is 0 Å². The lowest BCUT2D eigenvalue weighted by Crippen LogP contribution is -2.11. The number of nitrogens with zero attached hydrogens (tertiary/aromatic N) is 3. The first-order valence-electron chi connectivity index (χ1n) is 5.32. The van der Waals surface area contributed by atoms with Gasteiger partial charge in [0.15, 0.2) is 5.82 Å². The largest absolute Gasteiger partial charge is 0.461 e. The molecule has 0 aliphatic carbocycles. The first kappa shape index (κ1) is 11.8. The topological polar surface area (TPSA) is 59.9 Å². The molecule has 0 aliphatic heterocycles. The monoisotopic (exact) mass is 250 g/mol. The third-order valence-electron chi connectivity index (χ3n) is 1.96. The zero-order valence-corrected chi connectivity index (χ0v) is 10.8. The molecule has 17 heavy (non-hydrogen) atoms. The minimum absolute atomic E-state index is 0.0393. The number of aromatic nitrogens is 3. The molecule has 0 fully saturated rings. The van der Waals surface area contributed by atoms with Gasteiger partial charge in [0.1, 0.15) is 0 Å². The second-order valence-corrected chi connectivity index (χ2v) is 4.47. The lowest BCUT2D eigenvalue weighted by molar-refractivity contribution is 0.222. The number of hydrogen-bond acceptors (Lipinski definition) is 6. The summed E-state index contributed by atoms with van der Waals surface area (Å²) in [6.45, 7) is 3.88. The first-order valence-corrected chi connectivity index (χ1v) is 6.26. The van der Waals surface area contributed by atoms with Crippen molar-refractivity contribution in [2.75, 3.05) is 12.4 Å². The molecule has 0 bridgehead atoms. The van der Waals surface area contributed by atoms with E-state index in [1.807, 2.05) is 30.7 Å². The van der Waals surface area contributed by atoms with Gasteiger partial charge in [0.2, 0.25) is 5.95 Å². The van der Waals surface area contributed by atoms with E-state index in [9.17, 15) is 0 Å². The molecule has 0 aromatic carbocycles. The van der Waals surface area contributed by atoms with Crippen molar-refractivity contribution in [2.24, 2.45) is 0 Å². The van der Waals surface area contributed by atoms with E-state index in [4.69, 9.17) is 4.74 Å². The Kier molecular flexibility index (Phi) is 3.53. The molecule has 0 amide bonds. The highest BCUT2D eigenvalue weighted by atomic mass is 32.1. The Morgan fingerprint density at radius 2 is 2.12 bits per heavy atom. The summed E-state index contributed by atoms with van der Waals surface area (Å²) in [7, 11) is 1.77. The summed E-state index contributed by atoms with van der Waals surface area (Å²) in [5.41, 5.74) is 0.975. The van der Waals surface area contributed by atoms with Crippen molar-refractivity contribution in [1.82, 2.24) is 15.0 Å². The SMILES string of the molecule is CNc1nc(OC(C)C)nc(-c2ccsc2)n1. The number of anilines is 1. The molecular formula is C11H14N4OS. The molecule has 90 valence electrons. The summed E-state index contributed by atoms with van der Waals surface area (Å²) in [6, 6.07) is 2.32. The fourth-order valence-electron chi connectivity index (χ4n) is 1.25. The van der Waals surface area contributed by atoms with Crippen molar-refractivity contribution in [3.63, 3.8) is 0 Å². The zero-order chi connectivity index (χ0) is 12.3. The fraction of sp³-hybridized carbons (Fsp3) is 0.364. The van der Waals surface area contributed by atoms with E-state index < -0.39 is 0 Å². The lowest BCUT2D eigenvalue weighted by atomic mass is 10.3. The Morgan fingerprint density at radius 3 is 2.71 bits per heavy atom. The fourth-order valence-corrected chi connectivity index (χ4v) is 1.89. The van der Waals surface area contributed by atoms with Crippen molar-refractivity contribution in [3.8, 4) is 17.4 Å². The molecule has 2 heterocycles. The van der Waals surface area contributed by atoms with Crippen LogP contribution in [0.4, 0.5) is 5.95 Å².